The number of anilines is 1. The van der Waals surface area contributed by atoms with Crippen molar-refractivity contribution in [3.8, 4) is 0 Å². The first kappa shape index (κ1) is 22.5. The van der Waals surface area contributed by atoms with E-state index in [0.29, 0.717) is 49.0 Å². The van der Waals surface area contributed by atoms with Gasteiger partial charge in [0.25, 0.3) is 5.91 Å². The molecule has 1 amide bonds. The van der Waals surface area contributed by atoms with Crippen molar-refractivity contribution in [3.05, 3.63) is 77.1 Å². The Bertz CT molecular complexity index is 1200. The molecule has 2 heterocycles. The van der Waals surface area contributed by atoms with Gasteiger partial charge >= 0.3 is 0 Å². The van der Waals surface area contributed by atoms with E-state index in [-0.39, 0.29) is 10.8 Å². The number of hydrogen-bond donors (Lipinski definition) is 1. The summed E-state index contributed by atoms with van der Waals surface area (Å²) in [5.41, 5.74) is 1.80. The summed E-state index contributed by atoms with van der Waals surface area (Å²) in [6.45, 7) is 2.80. The molecule has 1 aromatic heterocycles. The van der Waals surface area contributed by atoms with Gasteiger partial charge in [0.1, 0.15) is 0 Å². The first-order chi connectivity index (χ1) is 15.3. The lowest BCUT2D eigenvalue weighted by molar-refractivity contribution is 0.102. The molecule has 3 aromatic rings. The maximum Gasteiger partial charge on any atom is 0.258 e. The normalized spacial score (nSPS) is 15.6. The van der Waals surface area contributed by atoms with Gasteiger partial charge in [0.15, 0.2) is 0 Å². The maximum atomic E-state index is 12.8. The number of rotatable bonds is 6. The molecular weight excluding hydrogens is 450 g/mol. The Labute approximate surface area is 192 Å². The highest BCUT2D eigenvalue weighted by molar-refractivity contribution is 7.89. The minimum Gasteiger partial charge on any atom is -0.322 e. The molecule has 1 aliphatic heterocycles. The van der Waals surface area contributed by atoms with E-state index < -0.39 is 10.0 Å². The summed E-state index contributed by atoms with van der Waals surface area (Å²) >= 11 is 6.18. The molecule has 0 unspecified atom stereocenters. The summed E-state index contributed by atoms with van der Waals surface area (Å²) in [6.07, 6.45) is 3.13. The summed E-state index contributed by atoms with van der Waals surface area (Å²) in [6, 6.07) is 13.7. The van der Waals surface area contributed by atoms with Crippen LogP contribution in [-0.2, 0) is 16.6 Å². The monoisotopic (exact) mass is 473 g/mol. The predicted molar refractivity (Wildman–Crippen MR) is 123 cm³/mol. The van der Waals surface area contributed by atoms with Gasteiger partial charge in [0.2, 0.25) is 10.0 Å². The Morgan fingerprint density at radius 1 is 1.06 bits per heavy atom. The first-order valence-electron chi connectivity index (χ1n) is 10.2. The summed E-state index contributed by atoms with van der Waals surface area (Å²) in [5.74, 6) is -0.329. The summed E-state index contributed by atoms with van der Waals surface area (Å²) in [4.78, 5) is 14.9. The second-order valence-corrected chi connectivity index (χ2v) is 10.0. The highest BCUT2D eigenvalue weighted by Gasteiger charge is 2.27. The van der Waals surface area contributed by atoms with Crippen molar-refractivity contribution < 1.29 is 13.2 Å². The molecule has 0 saturated carbocycles. The summed E-state index contributed by atoms with van der Waals surface area (Å²) < 4.78 is 28.8. The number of carbonyl (C=O) groups is 1. The number of sulfonamides is 1. The molecular formula is C22H24ClN5O3S. The van der Waals surface area contributed by atoms with Crippen molar-refractivity contribution in [2.45, 2.75) is 11.4 Å². The van der Waals surface area contributed by atoms with Crippen LogP contribution in [0.15, 0.2) is 65.8 Å². The van der Waals surface area contributed by atoms with E-state index in [4.69, 9.17) is 11.6 Å². The molecule has 1 saturated heterocycles. The zero-order chi connectivity index (χ0) is 22.7. The van der Waals surface area contributed by atoms with Gasteiger partial charge in [-0.15, -0.1) is 0 Å². The average Bonchev–Trinajstić information content (AvgIpc) is 3.25. The van der Waals surface area contributed by atoms with Gasteiger partial charge in [-0.3, -0.25) is 9.48 Å². The molecule has 8 nitrogen and oxygen atoms in total. The van der Waals surface area contributed by atoms with Crippen LogP contribution in [0.2, 0.25) is 5.02 Å². The van der Waals surface area contributed by atoms with Gasteiger partial charge in [-0.1, -0.05) is 29.8 Å². The minimum atomic E-state index is -3.54. The zero-order valence-corrected chi connectivity index (χ0v) is 19.2. The van der Waals surface area contributed by atoms with Crippen LogP contribution >= 0.6 is 11.6 Å². The molecule has 2 aromatic carbocycles. The van der Waals surface area contributed by atoms with Crippen LogP contribution in [0.4, 0.5) is 5.69 Å². The third-order valence-electron chi connectivity index (χ3n) is 5.40. The van der Waals surface area contributed by atoms with E-state index in [1.54, 1.807) is 23.0 Å². The molecule has 1 aliphatic rings. The minimum absolute atomic E-state index is 0.215. The molecule has 0 spiro atoms. The highest BCUT2D eigenvalue weighted by atomic mass is 35.5. The van der Waals surface area contributed by atoms with Gasteiger partial charge in [0.05, 0.1) is 23.2 Å². The van der Waals surface area contributed by atoms with Crippen molar-refractivity contribution in [1.82, 2.24) is 19.0 Å². The fourth-order valence-corrected chi connectivity index (χ4v) is 5.08. The lowest BCUT2D eigenvalue weighted by atomic mass is 10.2. The third-order valence-corrected chi connectivity index (χ3v) is 7.68. The quantitative estimate of drug-likeness (QED) is 0.594. The molecule has 0 atom stereocenters. The van der Waals surface area contributed by atoms with Crippen molar-refractivity contribution in [1.29, 1.82) is 0 Å². The largest absolute Gasteiger partial charge is 0.322 e. The zero-order valence-electron chi connectivity index (χ0n) is 17.6. The summed E-state index contributed by atoms with van der Waals surface area (Å²) in [7, 11) is -1.57. The molecule has 0 aliphatic carbocycles. The SMILES string of the molecule is CN1CCN(S(=O)(=O)c2ccc(NC(=O)c3cnn(Cc4ccccc4Cl)c3)cc2)CC1. The number of nitrogens with one attached hydrogen (secondary N) is 1. The molecule has 32 heavy (non-hydrogen) atoms. The highest BCUT2D eigenvalue weighted by Crippen LogP contribution is 2.20. The Kier molecular flexibility index (Phi) is 6.61. The van der Waals surface area contributed by atoms with Crippen LogP contribution in [0.25, 0.3) is 0 Å². The third kappa shape index (κ3) is 5.02. The Balaban J connectivity index is 1.40. The number of aromatic nitrogens is 2. The van der Waals surface area contributed by atoms with E-state index in [9.17, 15) is 13.2 Å². The standard InChI is InChI=1S/C22H24ClN5O3S/c1-26-10-12-28(13-11-26)32(30,31)20-8-6-19(7-9-20)25-22(29)18-14-24-27(16-18)15-17-4-2-3-5-21(17)23/h2-9,14,16H,10-13,15H2,1H3,(H,25,29). The Hall–Kier alpha value is -2.72. The van der Waals surface area contributed by atoms with Crippen LogP contribution in [0.5, 0.6) is 0 Å². The lowest BCUT2D eigenvalue weighted by Crippen LogP contribution is -2.46. The van der Waals surface area contributed by atoms with Crippen molar-refractivity contribution in [2.75, 3.05) is 38.5 Å². The van der Waals surface area contributed by atoms with Crippen LogP contribution in [-0.4, -0.2) is 66.5 Å². The van der Waals surface area contributed by atoms with Crippen molar-refractivity contribution >= 4 is 33.2 Å². The van der Waals surface area contributed by atoms with Crippen molar-refractivity contribution in [2.24, 2.45) is 0 Å². The number of carbonyl (C=O) groups excluding carboxylic acids is 1. The fraction of sp³-hybridized carbons (Fsp3) is 0.273. The Morgan fingerprint density at radius 2 is 1.75 bits per heavy atom. The second-order valence-electron chi connectivity index (χ2n) is 7.70. The van der Waals surface area contributed by atoms with Crippen LogP contribution < -0.4 is 5.32 Å². The van der Waals surface area contributed by atoms with Crippen LogP contribution in [0, 0.1) is 0 Å². The van der Waals surface area contributed by atoms with E-state index in [1.165, 1.54) is 22.6 Å². The van der Waals surface area contributed by atoms with Gasteiger partial charge in [-0.2, -0.15) is 9.40 Å². The number of amides is 1. The maximum absolute atomic E-state index is 12.8. The molecule has 168 valence electrons. The molecule has 10 heteroatoms. The molecule has 0 radical (unpaired) electrons. The number of piperazine rings is 1. The van der Waals surface area contributed by atoms with E-state index >= 15 is 0 Å². The van der Waals surface area contributed by atoms with E-state index in [0.717, 1.165) is 5.56 Å². The number of hydrogen-bond acceptors (Lipinski definition) is 5. The second kappa shape index (κ2) is 9.41. The van der Waals surface area contributed by atoms with Crippen LogP contribution in [0.1, 0.15) is 15.9 Å². The van der Waals surface area contributed by atoms with Gasteiger partial charge in [-0.25, -0.2) is 8.42 Å². The molecule has 1 N–H and O–H groups in total. The summed E-state index contributed by atoms with van der Waals surface area (Å²) in [5, 5.41) is 7.64. The molecule has 0 bridgehead atoms. The molecule has 1 fully saturated rings. The number of benzene rings is 2. The number of halogens is 1. The number of likely N-dealkylation sites (N-methyl/N-ethyl adjacent to an activating group) is 1. The molecule has 4 rings (SSSR count). The van der Waals surface area contributed by atoms with Crippen LogP contribution in [0.3, 0.4) is 0 Å². The lowest BCUT2D eigenvalue weighted by Gasteiger charge is -2.31. The predicted octanol–water partition coefficient (Wildman–Crippen LogP) is 2.77. The number of nitrogens with zero attached hydrogens (tertiary/aromatic N) is 4. The van der Waals surface area contributed by atoms with Gasteiger partial charge in [0, 0.05) is 43.1 Å². The van der Waals surface area contributed by atoms with E-state index in [2.05, 4.69) is 15.3 Å². The van der Waals surface area contributed by atoms with Gasteiger partial charge < -0.3 is 10.2 Å². The van der Waals surface area contributed by atoms with Gasteiger partial charge in [-0.05, 0) is 42.9 Å². The fourth-order valence-electron chi connectivity index (χ4n) is 3.46. The first-order valence-corrected chi connectivity index (χ1v) is 12.0. The van der Waals surface area contributed by atoms with Crippen molar-refractivity contribution in [3.63, 3.8) is 0 Å². The smallest absolute Gasteiger partial charge is 0.258 e. The Morgan fingerprint density at radius 3 is 2.44 bits per heavy atom. The topological polar surface area (TPSA) is 87.5 Å². The van der Waals surface area contributed by atoms with E-state index in [1.807, 2.05) is 31.3 Å². The average molecular weight is 474 g/mol.